The summed E-state index contributed by atoms with van der Waals surface area (Å²) in [5, 5.41) is 0.975. The lowest BCUT2D eigenvalue weighted by Crippen LogP contribution is -2.41. The van der Waals surface area contributed by atoms with Crippen molar-refractivity contribution in [2.75, 3.05) is 0 Å². The Morgan fingerprint density at radius 1 is 1.04 bits per heavy atom. The zero-order valence-corrected chi connectivity index (χ0v) is 13.4. The molecule has 7 heteroatoms. The molecule has 0 aliphatic rings. The van der Waals surface area contributed by atoms with Gasteiger partial charge in [-0.05, 0) is 24.3 Å². The second kappa shape index (κ2) is 6.33. The second-order valence-electron chi connectivity index (χ2n) is 5.20. The van der Waals surface area contributed by atoms with Gasteiger partial charge in [-0.2, -0.15) is 0 Å². The van der Waals surface area contributed by atoms with Crippen LogP contribution in [0.2, 0.25) is 5.02 Å². The molecule has 122 valence electrons. The molecule has 1 heterocycles. The molecule has 0 aliphatic carbocycles. The molecule has 2 aromatic carbocycles. The van der Waals surface area contributed by atoms with Crippen molar-refractivity contribution >= 4 is 34.3 Å². The molecule has 2 amide bonds. The number of amides is 2. The minimum Gasteiger partial charge on any atom is -0.350 e. The van der Waals surface area contributed by atoms with Gasteiger partial charge < -0.3 is 4.57 Å². The lowest BCUT2D eigenvalue weighted by atomic mass is 10.2. The molecule has 2 N–H and O–H groups in total. The summed E-state index contributed by atoms with van der Waals surface area (Å²) in [4.78, 5) is 24.3. The van der Waals surface area contributed by atoms with E-state index >= 15 is 0 Å². The fourth-order valence-corrected chi connectivity index (χ4v) is 2.61. The van der Waals surface area contributed by atoms with Crippen LogP contribution >= 0.6 is 11.6 Å². The molecule has 0 atom stereocenters. The van der Waals surface area contributed by atoms with Gasteiger partial charge in [0.2, 0.25) is 0 Å². The molecule has 0 aliphatic heterocycles. The highest BCUT2D eigenvalue weighted by Crippen LogP contribution is 2.20. The number of rotatable bonds is 2. The number of para-hydroxylation sites is 1. The maximum Gasteiger partial charge on any atom is 0.272 e. The quantitative estimate of drug-likeness (QED) is 0.701. The molecule has 5 nitrogen and oxygen atoms in total. The van der Waals surface area contributed by atoms with E-state index < -0.39 is 17.6 Å². The number of hydrogen-bond acceptors (Lipinski definition) is 2. The Bertz CT molecular complexity index is 952. The monoisotopic (exact) mass is 345 g/mol. The number of aryl methyl sites for hydroxylation is 1. The predicted octanol–water partition coefficient (Wildman–Crippen LogP) is 3.05. The van der Waals surface area contributed by atoms with Gasteiger partial charge in [-0.15, -0.1) is 0 Å². The predicted molar refractivity (Wildman–Crippen MR) is 89.3 cm³/mol. The van der Waals surface area contributed by atoms with Crippen molar-refractivity contribution in [1.29, 1.82) is 0 Å². The number of hydrogen-bond donors (Lipinski definition) is 2. The Morgan fingerprint density at radius 2 is 1.71 bits per heavy atom. The van der Waals surface area contributed by atoms with Crippen molar-refractivity contribution in [3.63, 3.8) is 0 Å². The molecule has 0 spiro atoms. The van der Waals surface area contributed by atoms with Crippen LogP contribution in [0.15, 0.2) is 48.7 Å². The molecule has 0 fully saturated rings. The van der Waals surface area contributed by atoms with Crippen molar-refractivity contribution in [3.8, 4) is 0 Å². The van der Waals surface area contributed by atoms with E-state index in [1.165, 1.54) is 12.1 Å². The fraction of sp³-hybridized carbons (Fsp3) is 0.0588. The van der Waals surface area contributed by atoms with E-state index in [1.54, 1.807) is 6.20 Å². The highest BCUT2D eigenvalue weighted by atomic mass is 35.5. The first-order chi connectivity index (χ1) is 11.5. The van der Waals surface area contributed by atoms with Crippen LogP contribution in [0, 0.1) is 5.82 Å². The Balaban J connectivity index is 1.78. The molecule has 0 bridgehead atoms. The Kier molecular flexibility index (Phi) is 4.22. The Labute approximate surface area is 142 Å². The standard InChI is InChI=1S/C17H13ClFN3O2/c1-22-9-13(11-4-2-3-5-15(11)22)17(24)21-20-16(23)12-8-10(18)6-7-14(12)19/h2-9H,1H3,(H,20,23)(H,21,24). The molecule has 0 unspecified atom stereocenters. The molecule has 24 heavy (non-hydrogen) atoms. The van der Waals surface area contributed by atoms with Gasteiger partial charge in [0.1, 0.15) is 5.82 Å². The summed E-state index contributed by atoms with van der Waals surface area (Å²) in [6.45, 7) is 0. The van der Waals surface area contributed by atoms with Gasteiger partial charge in [0, 0.05) is 29.2 Å². The van der Waals surface area contributed by atoms with E-state index in [0.717, 1.165) is 17.0 Å². The van der Waals surface area contributed by atoms with Gasteiger partial charge in [0.15, 0.2) is 0 Å². The molecular formula is C17H13ClFN3O2. The average Bonchev–Trinajstić information content (AvgIpc) is 2.92. The molecule has 3 rings (SSSR count). The summed E-state index contributed by atoms with van der Waals surface area (Å²) in [6.07, 6.45) is 1.66. The summed E-state index contributed by atoms with van der Waals surface area (Å²) in [5.41, 5.74) is 5.52. The number of carbonyl (C=O) groups excluding carboxylic acids is 2. The van der Waals surface area contributed by atoms with Crippen molar-refractivity contribution in [2.24, 2.45) is 7.05 Å². The van der Waals surface area contributed by atoms with Crippen LogP contribution in [0.5, 0.6) is 0 Å². The summed E-state index contributed by atoms with van der Waals surface area (Å²) in [7, 11) is 1.82. The van der Waals surface area contributed by atoms with Crippen molar-refractivity contribution in [1.82, 2.24) is 15.4 Å². The fourth-order valence-electron chi connectivity index (χ4n) is 2.44. The van der Waals surface area contributed by atoms with Crippen LogP contribution in [-0.4, -0.2) is 16.4 Å². The van der Waals surface area contributed by atoms with Crippen LogP contribution in [0.3, 0.4) is 0 Å². The Hall–Kier alpha value is -2.86. The number of halogens is 2. The van der Waals surface area contributed by atoms with E-state index in [0.29, 0.717) is 5.56 Å². The second-order valence-corrected chi connectivity index (χ2v) is 5.64. The minimum atomic E-state index is -0.788. The van der Waals surface area contributed by atoms with E-state index in [4.69, 9.17) is 11.6 Å². The largest absolute Gasteiger partial charge is 0.350 e. The number of nitrogens with one attached hydrogen (secondary N) is 2. The lowest BCUT2D eigenvalue weighted by Gasteiger charge is -2.08. The van der Waals surface area contributed by atoms with Crippen molar-refractivity contribution < 1.29 is 14.0 Å². The molecule has 1 aromatic heterocycles. The minimum absolute atomic E-state index is 0.224. The number of carbonyl (C=O) groups is 2. The number of benzene rings is 2. The zero-order valence-electron chi connectivity index (χ0n) is 12.6. The summed E-state index contributed by atoms with van der Waals surface area (Å²) in [5.74, 6) is -2.01. The van der Waals surface area contributed by atoms with E-state index in [1.807, 2.05) is 35.9 Å². The first-order valence-electron chi connectivity index (χ1n) is 7.07. The van der Waals surface area contributed by atoms with Gasteiger partial charge in [-0.25, -0.2) is 4.39 Å². The molecule has 0 radical (unpaired) electrons. The van der Waals surface area contributed by atoms with Gasteiger partial charge in [-0.1, -0.05) is 29.8 Å². The van der Waals surface area contributed by atoms with Crippen LogP contribution in [0.1, 0.15) is 20.7 Å². The summed E-state index contributed by atoms with van der Waals surface area (Å²) < 4.78 is 15.5. The summed E-state index contributed by atoms with van der Waals surface area (Å²) >= 11 is 5.75. The van der Waals surface area contributed by atoms with Crippen LogP contribution in [-0.2, 0) is 7.05 Å². The van der Waals surface area contributed by atoms with Crippen molar-refractivity contribution in [2.45, 2.75) is 0 Å². The first kappa shape index (κ1) is 16.0. The maximum atomic E-state index is 13.6. The van der Waals surface area contributed by atoms with E-state index in [-0.39, 0.29) is 10.6 Å². The SMILES string of the molecule is Cn1cc(C(=O)NNC(=O)c2cc(Cl)ccc2F)c2ccccc21. The first-order valence-corrected chi connectivity index (χ1v) is 7.45. The molecule has 0 saturated carbocycles. The van der Waals surface area contributed by atoms with Crippen molar-refractivity contribution in [3.05, 3.63) is 70.6 Å². The zero-order chi connectivity index (χ0) is 17.3. The highest BCUT2D eigenvalue weighted by molar-refractivity contribution is 6.31. The molecule has 3 aromatic rings. The molecule has 0 saturated heterocycles. The number of aromatic nitrogens is 1. The normalized spacial score (nSPS) is 10.6. The smallest absolute Gasteiger partial charge is 0.272 e. The maximum absolute atomic E-state index is 13.6. The third-order valence-electron chi connectivity index (χ3n) is 3.60. The number of hydrazine groups is 1. The average molecular weight is 346 g/mol. The van der Waals surface area contributed by atoms with E-state index in [2.05, 4.69) is 10.9 Å². The third-order valence-corrected chi connectivity index (χ3v) is 3.84. The Morgan fingerprint density at radius 3 is 2.46 bits per heavy atom. The molecular weight excluding hydrogens is 333 g/mol. The van der Waals surface area contributed by atoms with Gasteiger partial charge >= 0.3 is 0 Å². The highest BCUT2D eigenvalue weighted by Gasteiger charge is 2.16. The number of nitrogens with zero attached hydrogens (tertiary/aromatic N) is 1. The topological polar surface area (TPSA) is 63.1 Å². The third kappa shape index (κ3) is 2.96. The number of fused-ring (bicyclic) bond motifs is 1. The van der Waals surface area contributed by atoms with Crippen LogP contribution in [0.25, 0.3) is 10.9 Å². The summed E-state index contributed by atoms with van der Waals surface area (Å²) in [6, 6.07) is 11.0. The van der Waals surface area contributed by atoms with Crippen LogP contribution < -0.4 is 10.9 Å². The van der Waals surface area contributed by atoms with Gasteiger partial charge in [0.25, 0.3) is 11.8 Å². The van der Waals surface area contributed by atoms with E-state index in [9.17, 15) is 14.0 Å². The van der Waals surface area contributed by atoms with Crippen LogP contribution in [0.4, 0.5) is 4.39 Å². The lowest BCUT2D eigenvalue weighted by molar-refractivity contribution is 0.0845. The van der Waals surface area contributed by atoms with Gasteiger partial charge in [-0.3, -0.25) is 20.4 Å². The van der Waals surface area contributed by atoms with Gasteiger partial charge in [0.05, 0.1) is 11.1 Å².